The molecule has 0 aromatic heterocycles. The number of unbranched alkanes of at least 4 members (excludes halogenated alkanes) is 3. The number of hydrogen-bond acceptors (Lipinski definition) is 1. The molecule has 90 valence electrons. The Morgan fingerprint density at radius 2 is 1.60 bits per heavy atom. The van der Waals surface area contributed by atoms with Gasteiger partial charge in [0, 0.05) is 12.3 Å². The highest BCUT2D eigenvalue weighted by molar-refractivity contribution is 5.86. The molecule has 0 aliphatic carbocycles. The second kappa shape index (κ2) is 10.2. The Balaban J connectivity index is 3.87. The second-order valence-corrected chi connectivity index (χ2v) is 4.30. The number of hydrogen-bond donors (Lipinski definition) is 0. The Morgan fingerprint density at radius 1 is 0.933 bits per heavy atom. The molecule has 0 radical (unpaired) electrons. The van der Waals surface area contributed by atoms with E-state index in [1.807, 2.05) is 0 Å². The van der Waals surface area contributed by atoms with E-state index in [1.165, 1.54) is 44.2 Å². The van der Waals surface area contributed by atoms with Crippen molar-refractivity contribution < 1.29 is 0 Å². The van der Waals surface area contributed by atoms with Crippen LogP contribution in [-0.4, -0.2) is 12.3 Å². The average molecular weight is 211 g/mol. The molecule has 0 unspecified atom stereocenters. The quantitative estimate of drug-likeness (QED) is 0.382. The minimum atomic E-state index is 0.737. The van der Waals surface area contributed by atoms with Crippen molar-refractivity contribution >= 4 is 5.71 Å². The first-order valence-corrected chi connectivity index (χ1v) is 6.83. The van der Waals surface area contributed by atoms with Crippen LogP contribution in [0, 0.1) is 5.92 Å². The predicted octanol–water partition coefficient (Wildman–Crippen LogP) is 4.85. The van der Waals surface area contributed by atoms with Gasteiger partial charge >= 0.3 is 0 Å². The highest BCUT2D eigenvalue weighted by atomic mass is 14.7. The van der Waals surface area contributed by atoms with Crippen molar-refractivity contribution in [1.82, 2.24) is 0 Å². The first-order valence-electron chi connectivity index (χ1n) is 6.83. The van der Waals surface area contributed by atoms with Gasteiger partial charge in [-0.25, -0.2) is 0 Å². The van der Waals surface area contributed by atoms with Gasteiger partial charge in [0.2, 0.25) is 0 Å². The van der Waals surface area contributed by atoms with E-state index in [9.17, 15) is 0 Å². The van der Waals surface area contributed by atoms with E-state index in [1.54, 1.807) is 0 Å². The lowest BCUT2D eigenvalue weighted by Gasteiger charge is -2.14. The Bertz CT molecular complexity index is 157. The van der Waals surface area contributed by atoms with E-state index in [2.05, 4.69) is 27.7 Å². The minimum absolute atomic E-state index is 0.737. The van der Waals surface area contributed by atoms with Gasteiger partial charge in [-0.3, -0.25) is 4.99 Å². The summed E-state index contributed by atoms with van der Waals surface area (Å²) in [6, 6.07) is 0. The lowest BCUT2D eigenvalue weighted by molar-refractivity contribution is 0.622. The molecule has 1 heteroatoms. The Hall–Kier alpha value is -0.330. The van der Waals surface area contributed by atoms with Crippen LogP contribution in [0.1, 0.15) is 72.6 Å². The Morgan fingerprint density at radius 3 is 2.07 bits per heavy atom. The van der Waals surface area contributed by atoms with E-state index in [0.717, 1.165) is 18.9 Å². The maximum atomic E-state index is 4.77. The van der Waals surface area contributed by atoms with Crippen molar-refractivity contribution in [3.05, 3.63) is 0 Å². The summed E-state index contributed by atoms with van der Waals surface area (Å²) in [6.07, 6.45) is 8.94. The predicted molar refractivity (Wildman–Crippen MR) is 70.8 cm³/mol. The molecule has 0 saturated carbocycles. The molecule has 0 N–H and O–H groups in total. The summed E-state index contributed by atoms with van der Waals surface area (Å²) in [5, 5.41) is 0. The summed E-state index contributed by atoms with van der Waals surface area (Å²) < 4.78 is 0. The smallest absolute Gasteiger partial charge is 0.0388 e. The standard InChI is InChI=1S/C14H29N/c1-5-9-10-11-12-15-14(8-4)13(6-2)7-3/h13H,5-12H2,1-4H3. The zero-order valence-electron chi connectivity index (χ0n) is 11.2. The summed E-state index contributed by atoms with van der Waals surface area (Å²) in [6.45, 7) is 10.1. The molecule has 0 amide bonds. The van der Waals surface area contributed by atoms with Crippen LogP contribution in [0.2, 0.25) is 0 Å². The molecular formula is C14H29N. The van der Waals surface area contributed by atoms with Gasteiger partial charge in [0.25, 0.3) is 0 Å². The van der Waals surface area contributed by atoms with Gasteiger partial charge in [0.15, 0.2) is 0 Å². The molecule has 0 rings (SSSR count). The molecule has 15 heavy (non-hydrogen) atoms. The van der Waals surface area contributed by atoms with Crippen molar-refractivity contribution in [3.63, 3.8) is 0 Å². The van der Waals surface area contributed by atoms with Gasteiger partial charge in [0.1, 0.15) is 0 Å². The third-order valence-electron chi connectivity index (χ3n) is 3.15. The molecular weight excluding hydrogens is 182 g/mol. The van der Waals surface area contributed by atoms with E-state index in [0.29, 0.717) is 0 Å². The normalized spacial score (nSPS) is 12.5. The average Bonchev–Trinajstić information content (AvgIpc) is 2.27. The molecule has 0 saturated heterocycles. The third-order valence-corrected chi connectivity index (χ3v) is 3.15. The van der Waals surface area contributed by atoms with Crippen LogP contribution in [0.25, 0.3) is 0 Å². The van der Waals surface area contributed by atoms with Crippen molar-refractivity contribution in [2.24, 2.45) is 10.9 Å². The number of aliphatic imine (C=N–C) groups is 1. The summed E-state index contributed by atoms with van der Waals surface area (Å²) in [5.41, 5.74) is 1.46. The highest BCUT2D eigenvalue weighted by Crippen LogP contribution is 2.13. The van der Waals surface area contributed by atoms with Crippen molar-refractivity contribution in [1.29, 1.82) is 0 Å². The first-order chi connectivity index (χ1) is 7.29. The van der Waals surface area contributed by atoms with E-state index in [-0.39, 0.29) is 0 Å². The van der Waals surface area contributed by atoms with Crippen LogP contribution in [0.3, 0.4) is 0 Å². The largest absolute Gasteiger partial charge is 0.294 e. The van der Waals surface area contributed by atoms with Gasteiger partial charge in [0.05, 0.1) is 0 Å². The molecule has 0 aliphatic rings. The fourth-order valence-corrected chi connectivity index (χ4v) is 2.05. The zero-order chi connectivity index (χ0) is 11.5. The van der Waals surface area contributed by atoms with Gasteiger partial charge in [-0.05, 0) is 31.6 Å². The molecule has 0 bridgehead atoms. The van der Waals surface area contributed by atoms with E-state index >= 15 is 0 Å². The Labute approximate surface area is 96.4 Å². The molecule has 1 nitrogen and oxygen atoms in total. The van der Waals surface area contributed by atoms with Gasteiger partial charge in [-0.1, -0.05) is 47.0 Å². The van der Waals surface area contributed by atoms with Crippen LogP contribution in [0.15, 0.2) is 4.99 Å². The van der Waals surface area contributed by atoms with Gasteiger partial charge in [-0.15, -0.1) is 0 Å². The lowest BCUT2D eigenvalue weighted by Crippen LogP contribution is -2.12. The molecule has 0 spiro atoms. The second-order valence-electron chi connectivity index (χ2n) is 4.30. The highest BCUT2D eigenvalue weighted by Gasteiger charge is 2.08. The van der Waals surface area contributed by atoms with Crippen molar-refractivity contribution in [2.45, 2.75) is 72.6 Å². The lowest BCUT2D eigenvalue weighted by atomic mass is 9.95. The van der Waals surface area contributed by atoms with Crippen LogP contribution < -0.4 is 0 Å². The van der Waals surface area contributed by atoms with E-state index < -0.39 is 0 Å². The summed E-state index contributed by atoms with van der Waals surface area (Å²) >= 11 is 0. The fourth-order valence-electron chi connectivity index (χ4n) is 2.05. The molecule has 0 fully saturated rings. The minimum Gasteiger partial charge on any atom is -0.294 e. The summed E-state index contributed by atoms with van der Waals surface area (Å²) in [5.74, 6) is 0.737. The maximum Gasteiger partial charge on any atom is 0.0388 e. The molecule has 0 aromatic carbocycles. The summed E-state index contributed by atoms with van der Waals surface area (Å²) in [7, 11) is 0. The fraction of sp³-hybridized carbons (Fsp3) is 0.929. The van der Waals surface area contributed by atoms with Crippen molar-refractivity contribution in [3.8, 4) is 0 Å². The molecule has 0 atom stereocenters. The van der Waals surface area contributed by atoms with Crippen LogP contribution in [-0.2, 0) is 0 Å². The topological polar surface area (TPSA) is 12.4 Å². The zero-order valence-corrected chi connectivity index (χ0v) is 11.2. The number of rotatable bonds is 9. The van der Waals surface area contributed by atoms with Crippen LogP contribution in [0.5, 0.6) is 0 Å². The molecule has 0 aromatic rings. The van der Waals surface area contributed by atoms with Gasteiger partial charge < -0.3 is 0 Å². The van der Waals surface area contributed by atoms with Crippen LogP contribution in [0.4, 0.5) is 0 Å². The third kappa shape index (κ3) is 6.70. The molecule has 0 aliphatic heterocycles. The van der Waals surface area contributed by atoms with Gasteiger partial charge in [-0.2, -0.15) is 0 Å². The summed E-state index contributed by atoms with van der Waals surface area (Å²) in [4.78, 5) is 4.77. The monoisotopic (exact) mass is 211 g/mol. The Kier molecular flexibility index (Phi) is 9.97. The number of nitrogens with zero attached hydrogens (tertiary/aromatic N) is 1. The van der Waals surface area contributed by atoms with E-state index in [4.69, 9.17) is 4.99 Å². The molecule has 0 heterocycles. The first kappa shape index (κ1) is 14.7. The van der Waals surface area contributed by atoms with Crippen LogP contribution >= 0.6 is 0 Å². The maximum absolute atomic E-state index is 4.77. The van der Waals surface area contributed by atoms with Crippen molar-refractivity contribution in [2.75, 3.05) is 6.54 Å². The SMILES string of the molecule is CCCCCCN=C(CC)C(CC)CC.